The van der Waals surface area contributed by atoms with Gasteiger partial charge in [-0.3, -0.25) is 9.69 Å². The molecule has 0 aromatic heterocycles. The van der Waals surface area contributed by atoms with E-state index in [9.17, 15) is 18.0 Å². The topological polar surface area (TPSA) is 125 Å². The Bertz CT molecular complexity index is 740. The molecular weight excluding hydrogens is 370 g/mol. The molecule has 1 aliphatic heterocycles. The molecule has 4 N–H and O–H groups in total. The van der Waals surface area contributed by atoms with Crippen LogP contribution >= 0.6 is 11.6 Å². The van der Waals surface area contributed by atoms with E-state index in [2.05, 4.69) is 10.6 Å². The summed E-state index contributed by atoms with van der Waals surface area (Å²) in [4.78, 5) is 26.0. The molecule has 0 aliphatic carbocycles. The van der Waals surface area contributed by atoms with Crippen LogP contribution in [-0.4, -0.2) is 68.2 Å². The maximum atomic E-state index is 12.5. The first kappa shape index (κ1) is 19.4. The Kier molecular flexibility index (Phi) is 6.22. The Balaban J connectivity index is 2.19. The third kappa shape index (κ3) is 4.82. The van der Waals surface area contributed by atoms with Crippen LogP contribution in [0, 0.1) is 0 Å². The van der Waals surface area contributed by atoms with Crippen molar-refractivity contribution >= 4 is 39.2 Å². The third-order valence-electron chi connectivity index (χ3n) is 3.59. The number of benzene rings is 1. The molecule has 1 aromatic carbocycles. The predicted octanol–water partition coefficient (Wildman–Crippen LogP) is -0.150. The molecular formula is C14H20ClN5O4S. The Morgan fingerprint density at radius 1 is 1.28 bits per heavy atom. The van der Waals surface area contributed by atoms with E-state index in [0.29, 0.717) is 10.7 Å². The van der Waals surface area contributed by atoms with Crippen LogP contribution in [-0.2, 0) is 14.8 Å². The third-order valence-corrected chi connectivity index (χ3v) is 5.08. The smallest absolute Gasteiger partial charge is 0.323 e. The molecule has 1 fully saturated rings. The van der Waals surface area contributed by atoms with E-state index >= 15 is 0 Å². The summed E-state index contributed by atoms with van der Waals surface area (Å²) >= 11 is 5.80. The minimum atomic E-state index is -3.66. The Hall–Kier alpha value is -1.88. The van der Waals surface area contributed by atoms with E-state index < -0.39 is 28.1 Å². The second-order valence-corrected chi connectivity index (χ2v) is 7.83. The van der Waals surface area contributed by atoms with Gasteiger partial charge < -0.3 is 16.4 Å². The maximum Gasteiger partial charge on any atom is 0.323 e. The average Bonchev–Trinajstić information content (AvgIpc) is 3.00. The molecule has 0 bridgehead atoms. The van der Waals surface area contributed by atoms with Crippen LogP contribution in [0.1, 0.15) is 0 Å². The first-order chi connectivity index (χ1) is 11.7. The molecule has 1 saturated heterocycles. The highest BCUT2D eigenvalue weighted by molar-refractivity contribution is 7.88. The molecule has 138 valence electrons. The number of nitrogens with two attached hydrogens (primary N) is 1. The van der Waals surface area contributed by atoms with Crippen LogP contribution in [0.4, 0.5) is 10.5 Å². The van der Waals surface area contributed by atoms with Crippen molar-refractivity contribution in [1.82, 2.24) is 14.5 Å². The van der Waals surface area contributed by atoms with Gasteiger partial charge in [0.25, 0.3) is 5.91 Å². The Labute approximate surface area is 151 Å². The Morgan fingerprint density at radius 3 is 2.48 bits per heavy atom. The van der Waals surface area contributed by atoms with Crippen molar-refractivity contribution in [2.45, 2.75) is 6.17 Å². The molecule has 0 spiro atoms. The number of nitrogens with one attached hydrogen (secondary N) is 2. The van der Waals surface area contributed by atoms with E-state index in [0.717, 1.165) is 10.6 Å². The number of amides is 3. The fraction of sp³-hybridized carbons (Fsp3) is 0.429. The quantitative estimate of drug-likeness (QED) is 0.645. The fourth-order valence-corrected chi connectivity index (χ4v) is 3.57. The zero-order valence-electron chi connectivity index (χ0n) is 13.6. The highest BCUT2D eigenvalue weighted by Crippen LogP contribution is 2.20. The number of rotatable bonds is 5. The van der Waals surface area contributed by atoms with Crippen LogP contribution < -0.4 is 16.4 Å². The second-order valence-electron chi connectivity index (χ2n) is 5.46. The number of hydrogen-bond donors (Lipinski definition) is 3. The fourth-order valence-electron chi connectivity index (χ4n) is 2.45. The van der Waals surface area contributed by atoms with Gasteiger partial charge in [-0.25, -0.2) is 13.2 Å². The van der Waals surface area contributed by atoms with Crippen LogP contribution in [0.25, 0.3) is 0 Å². The largest absolute Gasteiger partial charge is 0.352 e. The predicted molar refractivity (Wildman–Crippen MR) is 94.6 cm³/mol. The van der Waals surface area contributed by atoms with Crippen molar-refractivity contribution in [2.75, 3.05) is 37.8 Å². The van der Waals surface area contributed by atoms with Crippen molar-refractivity contribution in [3.8, 4) is 0 Å². The molecule has 2 rings (SSSR count). The second kappa shape index (κ2) is 8.00. The van der Waals surface area contributed by atoms with Gasteiger partial charge in [0, 0.05) is 36.9 Å². The van der Waals surface area contributed by atoms with Gasteiger partial charge in [-0.2, -0.15) is 4.31 Å². The van der Waals surface area contributed by atoms with Gasteiger partial charge in [-0.1, -0.05) is 11.6 Å². The van der Waals surface area contributed by atoms with Gasteiger partial charge in [0.2, 0.25) is 10.0 Å². The molecule has 1 aromatic rings. The molecule has 25 heavy (non-hydrogen) atoms. The van der Waals surface area contributed by atoms with E-state index in [1.165, 1.54) is 4.90 Å². The highest BCUT2D eigenvalue weighted by atomic mass is 35.5. The monoisotopic (exact) mass is 389 g/mol. The van der Waals surface area contributed by atoms with Crippen molar-refractivity contribution in [2.24, 2.45) is 5.73 Å². The van der Waals surface area contributed by atoms with Gasteiger partial charge in [-0.05, 0) is 24.3 Å². The average molecular weight is 390 g/mol. The lowest BCUT2D eigenvalue weighted by atomic mass is 10.3. The van der Waals surface area contributed by atoms with E-state index in [1.54, 1.807) is 24.3 Å². The SMILES string of the molecule is CS(=O)(=O)N1CCN(C(=O)Nc2ccc(Cl)cc2)C1C(=O)NCCN. The van der Waals surface area contributed by atoms with Gasteiger partial charge in [0.05, 0.1) is 6.26 Å². The number of halogens is 1. The highest BCUT2D eigenvalue weighted by Gasteiger charge is 2.44. The van der Waals surface area contributed by atoms with E-state index in [1.807, 2.05) is 0 Å². The maximum absolute atomic E-state index is 12.5. The lowest BCUT2D eigenvalue weighted by Gasteiger charge is -2.27. The van der Waals surface area contributed by atoms with Crippen molar-refractivity contribution in [3.05, 3.63) is 29.3 Å². The molecule has 1 unspecified atom stereocenters. The number of urea groups is 1. The normalized spacial score (nSPS) is 18.2. The molecule has 0 saturated carbocycles. The summed E-state index contributed by atoms with van der Waals surface area (Å²) in [6.07, 6.45) is -0.259. The summed E-state index contributed by atoms with van der Waals surface area (Å²) in [5.74, 6) is -0.598. The molecule has 0 radical (unpaired) electrons. The summed E-state index contributed by atoms with van der Waals surface area (Å²) in [6.45, 7) is 0.509. The zero-order chi connectivity index (χ0) is 18.6. The van der Waals surface area contributed by atoms with Crippen LogP contribution in [0.15, 0.2) is 24.3 Å². The van der Waals surface area contributed by atoms with E-state index in [4.69, 9.17) is 17.3 Å². The first-order valence-electron chi connectivity index (χ1n) is 7.52. The molecule has 1 heterocycles. The van der Waals surface area contributed by atoms with Gasteiger partial charge >= 0.3 is 6.03 Å². The van der Waals surface area contributed by atoms with Crippen LogP contribution in [0.3, 0.4) is 0 Å². The minimum absolute atomic E-state index is 0.0353. The van der Waals surface area contributed by atoms with Crippen molar-refractivity contribution in [1.29, 1.82) is 0 Å². The summed E-state index contributed by atoms with van der Waals surface area (Å²) in [5, 5.41) is 5.66. The standard InChI is InChI=1S/C14H20ClN5O4S/c1-25(23,24)20-9-8-19(13(20)12(21)17-7-6-16)14(22)18-11-4-2-10(15)3-5-11/h2-5,13H,6-9,16H2,1H3,(H,17,21)(H,18,22). The van der Waals surface area contributed by atoms with Crippen molar-refractivity contribution < 1.29 is 18.0 Å². The summed E-state index contributed by atoms with van der Waals surface area (Å²) in [6, 6.07) is 5.84. The number of anilines is 1. The van der Waals surface area contributed by atoms with Gasteiger partial charge in [-0.15, -0.1) is 0 Å². The zero-order valence-corrected chi connectivity index (χ0v) is 15.2. The number of sulfonamides is 1. The molecule has 3 amide bonds. The molecule has 9 nitrogen and oxygen atoms in total. The van der Waals surface area contributed by atoms with E-state index in [-0.39, 0.29) is 26.2 Å². The number of carbonyl (C=O) groups excluding carboxylic acids is 2. The lowest BCUT2D eigenvalue weighted by Crippen LogP contribution is -2.54. The number of nitrogens with zero attached hydrogens (tertiary/aromatic N) is 2. The summed E-state index contributed by atoms with van der Waals surface area (Å²) in [7, 11) is -3.66. The Morgan fingerprint density at radius 2 is 1.92 bits per heavy atom. The summed E-state index contributed by atoms with van der Waals surface area (Å²) < 4.78 is 24.9. The van der Waals surface area contributed by atoms with Crippen molar-refractivity contribution in [3.63, 3.8) is 0 Å². The van der Waals surface area contributed by atoms with Gasteiger partial charge in [0.1, 0.15) is 0 Å². The number of hydrogen-bond acceptors (Lipinski definition) is 5. The molecule has 1 atom stereocenters. The first-order valence-corrected chi connectivity index (χ1v) is 9.74. The number of carbonyl (C=O) groups is 2. The van der Waals surface area contributed by atoms with Crippen LogP contribution in [0.2, 0.25) is 5.02 Å². The molecule has 1 aliphatic rings. The minimum Gasteiger partial charge on any atom is -0.352 e. The van der Waals surface area contributed by atoms with Gasteiger partial charge in [0.15, 0.2) is 6.17 Å². The molecule has 11 heteroatoms. The summed E-state index contributed by atoms with van der Waals surface area (Å²) in [5.41, 5.74) is 5.83. The lowest BCUT2D eigenvalue weighted by molar-refractivity contribution is -0.127. The van der Waals surface area contributed by atoms with Crippen LogP contribution in [0.5, 0.6) is 0 Å².